The zero-order chi connectivity index (χ0) is 38.1. The maximum atomic E-state index is 14.1. The monoisotopic (exact) mass is 692 g/mol. The topological polar surface area (TPSA) is 34.1 Å². The van der Waals surface area contributed by atoms with Crippen LogP contribution in [0.1, 0.15) is 103 Å². The third kappa shape index (κ3) is 7.98. The van der Waals surface area contributed by atoms with Crippen molar-refractivity contribution in [1.82, 2.24) is 0 Å². The highest BCUT2D eigenvalue weighted by molar-refractivity contribution is 6.11. The van der Waals surface area contributed by atoms with Crippen LogP contribution in [0.25, 0.3) is 16.7 Å². The van der Waals surface area contributed by atoms with Crippen molar-refractivity contribution >= 4 is 28.3 Å². The van der Waals surface area contributed by atoms with Crippen molar-refractivity contribution in [1.29, 1.82) is 0 Å². The van der Waals surface area contributed by atoms with E-state index in [0.717, 1.165) is 66.8 Å². The van der Waals surface area contributed by atoms with Crippen LogP contribution in [0.4, 0.5) is 0 Å². The number of carbonyl (C=O) groups is 2. The molecule has 0 radical (unpaired) electrons. The quantitative estimate of drug-likeness (QED) is 0.137. The van der Waals surface area contributed by atoms with Crippen LogP contribution >= 0.6 is 0 Å². The molecule has 0 bridgehead atoms. The molecule has 264 valence electrons. The Hall–Kier alpha value is -5.86. The van der Waals surface area contributed by atoms with E-state index in [0.29, 0.717) is 39.7 Å². The van der Waals surface area contributed by atoms with E-state index in [1.807, 2.05) is 86.6 Å². The van der Waals surface area contributed by atoms with Gasteiger partial charge in [-0.3, -0.25) is 9.59 Å². The fourth-order valence-corrected chi connectivity index (χ4v) is 7.22. The predicted molar refractivity (Wildman–Crippen MR) is 223 cm³/mol. The van der Waals surface area contributed by atoms with E-state index in [1.165, 1.54) is 5.57 Å². The van der Waals surface area contributed by atoms with Gasteiger partial charge in [-0.1, -0.05) is 128 Å². The van der Waals surface area contributed by atoms with Crippen molar-refractivity contribution in [3.8, 4) is 0 Å². The molecule has 5 aromatic carbocycles. The third-order valence-electron chi connectivity index (χ3n) is 10.6. The van der Waals surface area contributed by atoms with E-state index in [1.54, 1.807) is 0 Å². The molecule has 2 atom stereocenters. The highest BCUT2D eigenvalue weighted by Gasteiger charge is 2.22. The Morgan fingerprint density at radius 3 is 1.25 bits per heavy atom. The van der Waals surface area contributed by atoms with Crippen molar-refractivity contribution < 1.29 is 9.59 Å². The summed E-state index contributed by atoms with van der Waals surface area (Å²) in [5, 5.41) is 0. The van der Waals surface area contributed by atoms with Gasteiger partial charge in [0.25, 0.3) is 0 Å². The lowest BCUT2D eigenvalue weighted by Gasteiger charge is -2.25. The first-order valence-electron chi connectivity index (χ1n) is 18.3. The molecule has 53 heavy (non-hydrogen) atoms. The maximum absolute atomic E-state index is 14.1. The second kappa shape index (κ2) is 15.0. The minimum absolute atomic E-state index is 0.0732. The molecule has 5 aromatic rings. The molecule has 2 nitrogen and oxygen atoms in total. The van der Waals surface area contributed by atoms with Crippen LogP contribution in [-0.2, 0) is 0 Å². The highest BCUT2D eigenvalue weighted by atomic mass is 16.1. The van der Waals surface area contributed by atoms with Crippen LogP contribution < -0.4 is 0 Å². The molecular weight excluding hydrogens is 645 g/mol. The van der Waals surface area contributed by atoms with Crippen LogP contribution in [0.15, 0.2) is 146 Å². The fraction of sp³-hybridized carbons (Fsp3) is 0.176. The SMILES string of the molecule is C=C(C1=CC(C)C(C)C(C)=C1)c1cc(C(=C)c2cc(C(=C)c3cc(C)cc(C)c3)cc(C(=O)c3cccc(C)c3)c2)cc(C(=O)c2cccc(C)c2)c1. The summed E-state index contributed by atoms with van der Waals surface area (Å²) in [6.45, 7) is 28.5. The predicted octanol–water partition coefficient (Wildman–Crippen LogP) is 12.7. The van der Waals surface area contributed by atoms with E-state index < -0.39 is 0 Å². The Balaban J connectivity index is 1.51. The molecule has 0 aromatic heterocycles. The summed E-state index contributed by atoms with van der Waals surface area (Å²) in [6, 6.07) is 33.5. The minimum Gasteiger partial charge on any atom is -0.289 e. The molecule has 0 heterocycles. The van der Waals surface area contributed by atoms with Gasteiger partial charge in [0.1, 0.15) is 0 Å². The number of aryl methyl sites for hydroxylation is 4. The van der Waals surface area contributed by atoms with E-state index in [2.05, 4.69) is 96.8 Å². The van der Waals surface area contributed by atoms with Crippen molar-refractivity contribution in [3.63, 3.8) is 0 Å². The van der Waals surface area contributed by atoms with Crippen LogP contribution in [-0.4, -0.2) is 11.6 Å². The van der Waals surface area contributed by atoms with Gasteiger partial charge < -0.3 is 0 Å². The number of benzene rings is 5. The van der Waals surface area contributed by atoms with E-state index in [-0.39, 0.29) is 11.6 Å². The molecule has 2 heteroatoms. The lowest BCUT2D eigenvalue weighted by atomic mass is 9.80. The van der Waals surface area contributed by atoms with Crippen LogP contribution in [0, 0.1) is 39.5 Å². The van der Waals surface area contributed by atoms with Gasteiger partial charge >= 0.3 is 0 Å². The van der Waals surface area contributed by atoms with Gasteiger partial charge in [0, 0.05) is 22.3 Å². The summed E-state index contributed by atoms with van der Waals surface area (Å²) in [5.41, 5.74) is 15.6. The van der Waals surface area contributed by atoms with Gasteiger partial charge in [0.15, 0.2) is 11.6 Å². The maximum Gasteiger partial charge on any atom is 0.193 e. The lowest BCUT2D eigenvalue weighted by molar-refractivity contribution is 0.103. The zero-order valence-electron chi connectivity index (χ0n) is 32.1. The number of carbonyl (C=O) groups excluding carboxylic acids is 2. The van der Waals surface area contributed by atoms with Gasteiger partial charge in [-0.05, 0) is 145 Å². The van der Waals surface area contributed by atoms with E-state index in [4.69, 9.17) is 0 Å². The summed E-state index contributed by atoms with van der Waals surface area (Å²) in [6.07, 6.45) is 4.48. The number of hydrogen-bond acceptors (Lipinski definition) is 2. The molecule has 2 unspecified atom stereocenters. The summed E-state index contributed by atoms with van der Waals surface area (Å²) in [7, 11) is 0. The standard InChI is InChI=1S/C51H48O2/c1-30-13-11-15-40(18-30)50(52)48-26-44(37(8)42-20-32(3)17-33(4)21-42)24-46(28-48)39(10)47-25-45(38(9)43-22-34(5)36(7)35(6)23-43)27-49(29-47)51(53)41-16-12-14-31(2)19-41/h11-29,34,36H,8-10H2,1-7H3. The molecule has 0 fully saturated rings. The van der Waals surface area contributed by atoms with Crippen molar-refractivity contribution in [3.05, 3.63) is 218 Å². The Morgan fingerprint density at radius 2 is 0.830 bits per heavy atom. The molecule has 0 amide bonds. The highest BCUT2D eigenvalue weighted by Crippen LogP contribution is 2.37. The average molecular weight is 693 g/mol. The van der Waals surface area contributed by atoms with E-state index in [9.17, 15) is 9.59 Å². The Labute approximate surface area is 315 Å². The Kier molecular flexibility index (Phi) is 10.5. The van der Waals surface area contributed by atoms with Crippen molar-refractivity contribution in [2.45, 2.75) is 48.5 Å². The molecule has 0 saturated carbocycles. The first-order chi connectivity index (χ1) is 25.2. The van der Waals surface area contributed by atoms with Gasteiger partial charge in [-0.25, -0.2) is 0 Å². The number of rotatable bonds is 10. The molecule has 0 N–H and O–H groups in total. The number of hydrogen-bond donors (Lipinski definition) is 0. The molecule has 1 aliphatic carbocycles. The van der Waals surface area contributed by atoms with Crippen LogP contribution in [0.3, 0.4) is 0 Å². The zero-order valence-corrected chi connectivity index (χ0v) is 32.1. The summed E-state index contributed by atoms with van der Waals surface area (Å²) < 4.78 is 0. The van der Waals surface area contributed by atoms with Crippen molar-refractivity contribution in [2.75, 3.05) is 0 Å². The molecule has 0 spiro atoms. The molecule has 0 aliphatic heterocycles. The van der Waals surface area contributed by atoms with E-state index >= 15 is 0 Å². The largest absolute Gasteiger partial charge is 0.289 e. The molecule has 0 saturated heterocycles. The first kappa shape index (κ1) is 36.9. The summed E-state index contributed by atoms with van der Waals surface area (Å²) in [4.78, 5) is 28.3. The van der Waals surface area contributed by atoms with Gasteiger partial charge in [0.05, 0.1) is 0 Å². The number of allylic oxidation sites excluding steroid dienone is 5. The summed E-state index contributed by atoms with van der Waals surface area (Å²) in [5.74, 6) is 0.648. The fourth-order valence-electron chi connectivity index (χ4n) is 7.22. The molecular formula is C51H48O2. The van der Waals surface area contributed by atoms with Gasteiger partial charge in [0.2, 0.25) is 0 Å². The molecule has 1 aliphatic rings. The van der Waals surface area contributed by atoms with Gasteiger partial charge in [-0.2, -0.15) is 0 Å². The second-order valence-corrected chi connectivity index (χ2v) is 15.0. The van der Waals surface area contributed by atoms with Crippen molar-refractivity contribution in [2.24, 2.45) is 11.8 Å². The third-order valence-corrected chi connectivity index (χ3v) is 10.6. The Morgan fingerprint density at radius 1 is 0.453 bits per heavy atom. The first-order valence-corrected chi connectivity index (χ1v) is 18.3. The van der Waals surface area contributed by atoms with Crippen LogP contribution in [0.2, 0.25) is 0 Å². The average Bonchev–Trinajstić information content (AvgIpc) is 3.14. The molecule has 6 rings (SSSR count). The van der Waals surface area contributed by atoms with Crippen LogP contribution in [0.5, 0.6) is 0 Å². The second-order valence-electron chi connectivity index (χ2n) is 15.0. The normalized spacial score (nSPS) is 15.3. The Bertz CT molecular complexity index is 2390. The van der Waals surface area contributed by atoms with Gasteiger partial charge in [-0.15, -0.1) is 0 Å². The minimum atomic E-state index is -0.0787. The summed E-state index contributed by atoms with van der Waals surface area (Å²) >= 11 is 0. The smallest absolute Gasteiger partial charge is 0.193 e. The number of ketones is 2. The lowest BCUT2D eigenvalue weighted by Crippen LogP contribution is -2.12.